The van der Waals surface area contributed by atoms with Crippen LogP contribution in [0.25, 0.3) is 0 Å². The second-order valence-corrected chi connectivity index (χ2v) is 8.59. The van der Waals surface area contributed by atoms with Gasteiger partial charge in [0.2, 0.25) is 0 Å². The van der Waals surface area contributed by atoms with Crippen molar-refractivity contribution in [2.75, 3.05) is 109 Å². The fraction of sp³-hybridized carbons (Fsp3) is 0.739. The number of hydrogen-bond donors (Lipinski definition) is 0. The first-order valence-electron chi connectivity index (χ1n) is 10.6. The van der Waals surface area contributed by atoms with Crippen LogP contribution in [-0.2, 0) is 11.3 Å². The highest BCUT2D eigenvalue weighted by atomic mass is 16.5. The van der Waals surface area contributed by atoms with Crippen molar-refractivity contribution in [2.45, 2.75) is 6.54 Å². The van der Waals surface area contributed by atoms with Gasteiger partial charge in [0, 0.05) is 45.8 Å². The molecule has 6 nitrogen and oxygen atoms in total. The molecule has 0 aliphatic carbocycles. The van der Waals surface area contributed by atoms with Gasteiger partial charge in [0.25, 0.3) is 0 Å². The Labute approximate surface area is 181 Å². The van der Waals surface area contributed by atoms with Gasteiger partial charge in [0.05, 0.1) is 13.2 Å². The Hall–Kier alpha value is -1.02. The normalized spacial score (nSPS) is 18.1. The van der Waals surface area contributed by atoms with Gasteiger partial charge in [-0.25, -0.2) is 0 Å². The van der Waals surface area contributed by atoms with E-state index >= 15 is 0 Å². The molecule has 2 heterocycles. The highest BCUT2D eigenvalue weighted by molar-refractivity contribution is 5.14. The lowest BCUT2D eigenvalue weighted by atomic mass is 10.2. The second-order valence-electron chi connectivity index (χ2n) is 8.59. The maximum Gasteiger partial charge on any atom is 0.0594 e. The molecule has 0 atom stereocenters. The molecule has 29 heavy (non-hydrogen) atoms. The molecule has 6 heteroatoms. The van der Waals surface area contributed by atoms with E-state index in [-0.39, 0.29) is 0 Å². The van der Waals surface area contributed by atoms with E-state index < -0.39 is 0 Å². The number of benzene rings is 1. The van der Waals surface area contributed by atoms with Gasteiger partial charge in [-0.3, -0.25) is 0 Å². The van der Waals surface area contributed by atoms with E-state index in [1.54, 1.807) is 0 Å². The fourth-order valence-corrected chi connectivity index (χ4v) is 2.51. The Balaban J connectivity index is 0.000000377. The number of rotatable bonds is 2. The minimum Gasteiger partial charge on any atom is -0.379 e. The molecule has 0 aromatic heterocycles. The highest BCUT2D eigenvalue weighted by Crippen LogP contribution is 1.99. The van der Waals surface area contributed by atoms with Crippen LogP contribution in [-0.4, -0.2) is 133 Å². The Morgan fingerprint density at radius 1 is 0.690 bits per heavy atom. The van der Waals surface area contributed by atoms with Crippen LogP contribution < -0.4 is 0 Å². The van der Waals surface area contributed by atoms with E-state index in [9.17, 15) is 0 Å². The summed E-state index contributed by atoms with van der Waals surface area (Å²) in [4.78, 5) is 11.2. The molecule has 1 aromatic rings. The van der Waals surface area contributed by atoms with Crippen molar-refractivity contribution in [3.63, 3.8) is 0 Å². The van der Waals surface area contributed by atoms with Crippen LogP contribution in [0.4, 0.5) is 0 Å². The van der Waals surface area contributed by atoms with Gasteiger partial charge in [-0.2, -0.15) is 0 Å². The second kappa shape index (κ2) is 17.8. The lowest BCUT2D eigenvalue weighted by molar-refractivity contribution is 0.0503. The van der Waals surface area contributed by atoms with Crippen molar-refractivity contribution in [1.82, 2.24) is 24.5 Å². The summed E-state index contributed by atoms with van der Waals surface area (Å²) in [5, 5.41) is 0. The van der Waals surface area contributed by atoms with E-state index in [0.717, 1.165) is 32.8 Å². The zero-order valence-electron chi connectivity index (χ0n) is 20.4. The van der Waals surface area contributed by atoms with Crippen molar-refractivity contribution >= 4 is 0 Å². The molecule has 2 aliphatic rings. The van der Waals surface area contributed by atoms with E-state index in [1.807, 2.05) is 32.1 Å². The van der Waals surface area contributed by atoms with Crippen LogP contribution in [0.1, 0.15) is 5.56 Å². The predicted octanol–water partition coefficient (Wildman–Crippen LogP) is 1.74. The maximum absolute atomic E-state index is 5.10. The van der Waals surface area contributed by atoms with E-state index in [0.29, 0.717) is 0 Å². The van der Waals surface area contributed by atoms with Crippen LogP contribution in [0, 0.1) is 0 Å². The molecule has 0 radical (unpaired) electrons. The lowest BCUT2D eigenvalue weighted by Crippen LogP contribution is -2.42. The molecule has 0 spiro atoms. The fourth-order valence-electron chi connectivity index (χ4n) is 2.51. The molecule has 0 N–H and O–H groups in total. The first-order chi connectivity index (χ1) is 13.7. The molecule has 1 aromatic carbocycles. The third-order valence-corrected chi connectivity index (χ3v) is 4.30. The smallest absolute Gasteiger partial charge is 0.0594 e. The lowest BCUT2D eigenvalue weighted by Gasteiger charge is -2.28. The minimum atomic E-state index is 0.913. The largest absolute Gasteiger partial charge is 0.379 e. The van der Waals surface area contributed by atoms with Crippen molar-refractivity contribution < 1.29 is 4.74 Å². The Morgan fingerprint density at radius 3 is 1.38 bits per heavy atom. The number of piperazine rings is 1. The molecule has 0 bridgehead atoms. The van der Waals surface area contributed by atoms with Crippen molar-refractivity contribution in [3.05, 3.63) is 35.9 Å². The van der Waals surface area contributed by atoms with E-state index in [4.69, 9.17) is 4.74 Å². The summed E-state index contributed by atoms with van der Waals surface area (Å²) in [5.41, 5.74) is 1.37. The van der Waals surface area contributed by atoms with E-state index in [2.05, 4.69) is 79.1 Å². The van der Waals surface area contributed by atoms with Crippen LogP contribution in [0.3, 0.4) is 0 Å². The van der Waals surface area contributed by atoms with Crippen molar-refractivity contribution in [1.29, 1.82) is 0 Å². The van der Waals surface area contributed by atoms with Gasteiger partial charge >= 0.3 is 0 Å². The average Bonchev–Trinajstić information content (AvgIpc) is 2.66. The molecule has 0 unspecified atom stereocenters. The highest BCUT2D eigenvalue weighted by Gasteiger charge is 2.07. The SMILES string of the molecule is CN(C)C.CN(C)Cc1ccccc1.CN1CCN(C)CC1.CN1CCOCC1. The number of morpholine rings is 1. The summed E-state index contributed by atoms with van der Waals surface area (Å²) in [7, 11) is 16.6. The van der Waals surface area contributed by atoms with Crippen LogP contribution in [0.5, 0.6) is 0 Å². The monoisotopic (exact) mass is 409 g/mol. The molecule has 2 saturated heterocycles. The van der Waals surface area contributed by atoms with E-state index in [1.165, 1.54) is 31.7 Å². The Bertz CT molecular complexity index is 443. The summed E-state index contributed by atoms with van der Waals surface area (Å²) >= 11 is 0. The van der Waals surface area contributed by atoms with Gasteiger partial charge in [-0.05, 0) is 61.9 Å². The van der Waals surface area contributed by atoms with Crippen molar-refractivity contribution in [2.24, 2.45) is 0 Å². The van der Waals surface area contributed by atoms with Gasteiger partial charge < -0.3 is 29.2 Å². The van der Waals surface area contributed by atoms with Crippen molar-refractivity contribution in [3.8, 4) is 0 Å². The summed E-state index contributed by atoms with van der Waals surface area (Å²) in [5.74, 6) is 0. The Morgan fingerprint density at radius 2 is 1.07 bits per heavy atom. The third-order valence-electron chi connectivity index (χ3n) is 4.30. The molecule has 170 valence electrons. The van der Waals surface area contributed by atoms with Crippen LogP contribution >= 0.6 is 0 Å². The topological polar surface area (TPSA) is 25.4 Å². The first-order valence-corrected chi connectivity index (χ1v) is 10.6. The van der Waals surface area contributed by atoms with Gasteiger partial charge in [0.15, 0.2) is 0 Å². The van der Waals surface area contributed by atoms with Crippen LogP contribution in [0.15, 0.2) is 30.3 Å². The quantitative estimate of drug-likeness (QED) is 0.738. The van der Waals surface area contributed by atoms with Crippen LogP contribution in [0.2, 0.25) is 0 Å². The number of hydrogen-bond acceptors (Lipinski definition) is 6. The zero-order valence-corrected chi connectivity index (χ0v) is 20.4. The maximum atomic E-state index is 5.10. The molecule has 2 aliphatic heterocycles. The molecule has 2 fully saturated rings. The summed E-state index contributed by atoms with van der Waals surface area (Å²) in [6, 6.07) is 10.5. The first kappa shape index (κ1) is 28.0. The summed E-state index contributed by atoms with van der Waals surface area (Å²) < 4.78 is 5.10. The Kier molecular flexibility index (Phi) is 17.2. The molecular formula is C23H47N5O. The number of ether oxygens (including phenoxy) is 1. The minimum absolute atomic E-state index is 0.913. The third kappa shape index (κ3) is 20.0. The predicted molar refractivity (Wildman–Crippen MR) is 127 cm³/mol. The molecular weight excluding hydrogens is 362 g/mol. The zero-order chi connectivity index (χ0) is 22.1. The molecule has 0 amide bonds. The summed E-state index contributed by atoms with van der Waals surface area (Å²) in [6.07, 6.45) is 0. The molecule has 0 saturated carbocycles. The number of nitrogens with zero attached hydrogens (tertiary/aromatic N) is 5. The number of likely N-dealkylation sites (N-methyl/N-ethyl adjacent to an activating group) is 3. The van der Waals surface area contributed by atoms with Gasteiger partial charge in [-0.15, -0.1) is 0 Å². The summed E-state index contributed by atoms with van der Waals surface area (Å²) in [6.45, 7) is 9.98. The molecule has 3 rings (SSSR count). The van der Waals surface area contributed by atoms with Gasteiger partial charge in [0.1, 0.15) is 0 Å². The van der Waals surface area contributed by atoms with Gasteiger partial charge in [-0.1, -0.05) is 30.3 Å². The standard InChI is InChI=1S/C9H13N.C6H14N2.C5H11NO.C3H9N/c1-10(2)8-9-6-4-3-5-7-9;1-7-3-5-8(2)6-4-7;1-6-2-4-7-5-3-6;1-4(2)3/h3-7H,8H2,1-2H3;3-6H2,1-2H3;2-5H2,1H3;1-3H3. The average molecular weight is 410 g/mol.